The zero-order valence-electron chi connectivity index (χ0n) is 11.2. The van der Waals surface area contributed by atoms with E-state index < -0.39 is 0 Å². The largest absolute Gasteiger partial charge is 0.399 e. The normalized spacial score (nSPS) is 21.3. The highest BCUT2D eigenvalue weighted by Crippen LogP contribution is 2.26. The maximum absolute atomic E-state index is 5.86. The molecule has 0 radical (unpaired) electrons. The van der Waals surface area contributed by atoms with E-state index in [2.05, 4.69) is 37.8 Å². The first-order valence-electron chi connectivity index (χ1n) is 6.67. The summed E-state index contributed by atoms with van der Waals surface area (Å²) in [7, 11) is 0. The van der Waals surface area contributed by atoms with Gasteiger partial charge in [0.1, 0.15) is 0 Å². The summed E-state index contributed by atoms with van der Waals surface area (Å²) in [6.45, 7) is 9.06. The molecular weight excluding hydrogens is 208 g/mol. The van der Waals surface area contributed by atoms with Gasteiger partial charge < -0.3 is 5.73 Å². The molecule has 0 saturated carbocycles. The molecule has 1 atom stereocenters. The first-order valence-corrected chi connectivity index (χ1v) is 6.67. The Morgan fingerprint density at radius 3 is 2.82 bits per heavy atom. The minimum Gasteiger partial charge on any atom is -0.399 e. The molecular formula is C15H24N2. The van der Waals surface area contributed by atoms with Crippen molar-refractivity contribution in [1.82, 2.24) is 4.90 Å². The van der Waals surface area contributed by atoms with Gasteiger partial charge in [0, 0.05) is 18.3 Å². The molecule has 2 N–H and O–H groups in total. The molecule has 1 aliphatic heterocycles. The lowest BCUT2D eigenvalue weighted by Gasteiger charge is -2.27. The highest BCUT2D eigenvalue weighted by molar-refractivity contribution is 5.47. The van der Waals surface area contributed by atoms with Crippen molar-refractivity contribution in [3.63, 3.8) is 0 Å². The van der Waals surface area contributed by atoms with Gasteiger partial charge in [-0.05, 0) is 49.4 Å². The fourth-order valence-electron chi connectivity index (χ4n) is 2.87. The smallest absolute Gasteiger partial charge is 0.0343 e. The van der Waals surface area contributed by atoms with Gasteiger partial charge in [-0.25, -0.2) is 0 Å². The van der Waals surface area contributed by atoms with Gasteiger partial charge in [-0.15, -0.1) is 0 Å². The quantitative estimate of drug-likeness (QED) is 0.811. The molecule has 0 spiro atoms. The molecule has 1 aromatic carbocycles. The molecule has 94 valence electrons. The summed E-state index contributed by atoms with van der Waals surface area (Å²) in [6, 6.07) is 7.18. The van der Waals surface area contributed by atoms with Crippen LogP contribution >= 0.6 is 0 Å². The van der Waals surface area contributed by atoms with Crippen LogP contribution in [0.4, 0.5) is 5.69 Å². The monoisotopic (exact) mass is 232 g/mol. The van der Waals surface area contributed by atoms with Gasteiger partial charge in [0.25, 0.3) is 0 Å². The van der Waals surface area contributed by atoms with E-state index in [-0.39, 0.29) is 0 Å². The molecule has 17 heavy (non-hydrogen) atoms. The molecule has 0 aromatic heterocycles. The van der Waals surface area contributed by atoms with Crippen molar-refractivity contribution in [2.24, 2.45) is 5.92 Å². The molecule has 2 nitrogen and oxygen atoms in total. The number of nitrogens with two attached hydrogens (primary N) is 1. The third-order valence-electron chi connectivity index (χ3n) is 3.90. The SMILES string of the molecule is Cc1cc(CN2CCCC2C(C)C)ccc1N. The molecule has 1 aromatic rings. The zero-order valence-corrected chi connectivity index (χ0v) is 11.2. The van der Waals surface area contributed by atoms with Crippen LogP contribution in [0.1, 0.15) is 37.8 Å². The van der Waals surface area contributed by atoms with Gasteiger partial charge in [0.15, 0.2) is 0 Å². The van der Waals surface area contributed by atoms with Gasteiger partial charge in [-0.1, -0.05) is 26.0 Å². The van der Waals surface area contributed by atoms with Crippen LogP contribution in [-0.2, 0) is 6.54 Å². The lowest BCUT2D eigenvalue weighted by Crippen LogP contribution is -2.32. The maximum Gasteiger partial charge on any atom is 0.0343 e. The topological polar surface area (TPSA) is 29.3 Å². The Morgan fingerprint density at radius 1 is 1.41 bits per heavy atom. The van der Waals surface area contributed by atoms with Gasteiger partial charge in [0.2, 0.25) is 0 Å². The minimum absolute atomic E-state index is 0.757. The van der Waals surface area contributed by atoms with Gasteiger partial charge in [0.05, 0.1) is 0 Å². The Hall–Kier alpha value is -1.02. The second kappa shape index (κ2) is 5.09. The number of hydrogen-bond acceptors (Lipinski definition) is 2. The predicted molar refractivity (Wildman–Crippen MR) is 73.9 cm³/mol. The van der Waals surface area contributed by atoms with E-state index in [1.54, 1.807) is 0 Å². The molecule has 1 fully saturated rings. The average molecular weight is 232 g/mol. The Morgan fingerprint density at radius 2 is 2.18 bits per heavy atom. The molecule has 0 bridgehead atoms. The van der Waals surface area contributed by atoms with Crippen molar-refractivity contribution in [2.45, 2.75) is 46.2 Å². The van der Waals surface area contributed by atoms with Crippen LogP contribution in [0.5, 0.6) is 0 Å². The highest BCUT2D eigenvalue weighted by Gasteiger charge is 2.26. The zero-order chi connectivity index (χ0) is 12.4. The summed E-state index contributed by atoms with van der Waals surface area (Å²) < 4.78 is 0. The minimum atomic E-state index is 0.757. The van der Waals surface area contributed by atoms with E-state index in [0.29, 0.717) is 0 Å². The van der Waals surface area contributed by atoms with E-state index in [9.17, 15) is 0 Å². The molecule has 1 saturated heterocycles. The van der Waals surface area contributed by atoms with Crippen LogP contribution < -0.4 is 5.73 Å². The summed E-state index contributed by atoms with van der Waals surface area (Å²) >= 11 is 0. The van der Waals surface area contributed by atoms with Crippen molar-refractivity contribution < 1.29 is 0 Å². The summed E-state index contributed by atoms with van der Waals surface area (Å²) in [5, 5.41) is 0. The number of benzene rings is 1. The Labute approximate surface area is 105 Å². The Balaban J connectivity index is 2.07. The first kappa shape index (κ1) is 12.4. The third kappa shape index (κ3) is 2.81. The van der Waals surface area contributed by atoms with E-state index >= 15 is 0 Å². The molecule has 2 heteroatoms. The number of aryl methyl sites for hydroxylation is 1. The summed E-state index contributed by atoms with van der Waals surface area (Å²) in [4.78, 5) is 2.62. The van der Waals surface area contributed by atoms with E-state index in [4.69, 9.17) is 5.73 Å². The second-order valence-corrected chi connectivity index (χ2v) is 5.62. The number of rotatable bonds is 3. The maximum atomic E-state index is 5.86. The highest BCUT2D eigenvalue weighted by atomic mass is 15.2. The van der Waals surface area contributed by atoms with Crippen LogP contribution in [-0.4, -0.2) is 17.5 Å². The first-order chi connectivity index (χ1) is 8.08. The molecule has 0 amide bonds. The Bertz CT molecular complexity index is 385. The van der Waals surface area contributed by atoms with Crippen molar-refractivity contribution in [3.8, 4) is 0 Å². The third-order valence-corrected chi connectivity index (χ3v) is 3.90. The lowest BCUT2D eigenvalue weighted by molar-refractivity contribution is 0.199. The molecule has 1 aliphatic rings. The van der Waals surface area contributed by atoms with Gasteiger partial charge in [-0.3, -0.25) is 4.90 Å². The summed E-state index contributed by atoms with van der Waals surface area (Å²) in [6.07, 6.45) is 2.70. The standard InChI is InChI=1S/C15H24N2/c1-11(2)15-5-4-8-17(15)10-13-6-7-14(16)12(3)9-13/h6-7,9,11,15H,4-5,8,10,16H2,1-3H3. The molecule has 2 rings (SSSR count). The average Bonchev–Trinajstić information content (AvgIpc) is 2.72. The van der Waals surface area contributed by atoms with Gasteiger partial charge >= 0.3 is 0 Å². The lowest BCUT2D eigenvalue weighted by atomic mass is 10.0. The number of hydrogen-bond donors (Lipinski definition) is 1. The molecule has 0 aliphatic carbocycles. The fraction of sp³-hybridized carbons (Fsp3) is 0.600. The van der Waals surface area contributed by atoms with Crippen LogP contribution in [0.25, 0.3) is 0 Å². The van der Waals surface area contributed by atoms with Crippen LogP contribution in [0.3, 0.4) is 0 Å². The summed E-state index contributed by atoms with van der Waals surface area (Å²) in [5.41, 5.74) is 9.35. The van der Waals surface area contributed by atoms with Crippen LogP contribution in [0.2, 0.25) is 0 Å². The van der Waals surface area contributed by atoms with Crippen LogP contribution in [0.15, 0.2) is 18.2 Å². The van der Waals surface area contributed by atoms with Crippen LogP contribution in [0, 0.1) is 12.8 Å². The Kier molecular flexibility index (Phi) is 3.72. The van der Waals surface area contributed by atoms with E-state index in [1.807, 2.05) is 6.07 Å². The van der Waals surface area contributed by atoms with Crippen molar-refractivity contribution in [1.29, 1.82) is 0 Å². The fourth-order valence-corrected chi connectivity index (χ4v) is 2.87. The van der Waals surface area contributed by atoms with Crippen molar-refractivity contribution >= 4 is 5.69 Å². The van der Waals surface area contributed by atoms with Crippen molar-refractivity contribution in [3.05, 3.63) is 29.3 Å². The summed E-state index contributed by atoms with van der Waals surface area (Å²) in [5.74, 6) is 0.757. The number of nitrogen functional groups attached to an aromatic ring is 1. The number of anilines is 1. The van der Waals surface area contributed by atoms with E-state index in [0.717, 1.165) is 24.2 Å². The van der Waals surface area contributed by atoms with Gasteiger partial charge in [-0.2, -0.15) is 0 Å². The van der Waals surface area contributed by atoms with E-state index in [1.165, 1.54) is 30.5 Å². The molecule has 1 unspecified atom stereocenters. The number of likely N-dealkylation sites (tertiary alicyclic amines) is 1. The predicted octanol–water partition coefficient (Wildman–Crippen LogP) is 3.20. The second-order valence-electron chi connectivity index (χ2n) is 5.62. The number of nitrogens with zero attached hydrogens (tertiary/aromatic N) is 1. The molecule has 1 heterocycles. The van der Waals surface area contributed by atoms with Crippen molar-refractivity contribution in [2.75, 3.05) is 12.3 Å².